The van der Waals surface area contributed by atoms with Crippen molar-refractivity contribution in [3.63, 3.8) is 0 Å². The Morgan fingerprint density at radius 3 is 2.39 bits per heavy atom. The molecule has 1 saturated carbocycles. The summed E-state index contributed by atoms with van der Waals surface area (Å²) in [4.78, 5) is 14.7. The molecule has 2 aromatic rings. The van der Waals surface area contributed by atoms with Crippen LogP contribution >= 0.6 is 0 Å². The van der Waals surface area contributed by atoms with Crippen molar-refractivity contribution < 1.29 is 13.2 Å². The van der Waals surface area contributed by atoms with E-state index in [-0.39, 0.29) is 22.8 Å². The summed E-state index contributed by atoms with van der Waals surface area (Å²) in [6, 6.07) is 12.6. The molecule has 1 aliphatic carbocycles. The fourth-order valence-corrected chi connectivity index (χ4v) is 4.90. The van der Waals surface area contributed by atoms with Gasteiger partial charge in [0.15, 0.2) is 0 Å². The van der Waals surface area contributed by atoms with Crippen molar-refractivity contribution in [1.82, 2.24) is 0 Å². The third-order valence-corrected chi connectivity index (χ3v) is 6.95. The molecule has 6 heteroatoms. The molecule has 2 aromatic carbocycles. The van der Waals surface area contributed by atoms with Crippen LogP contribution in [-0.4, -0.2) is 20.4 Å². The molecule has 1 amide bonds. The van der Waals surface area contributed by atoms with E-state index in [4.69, 9.17) is 0 Å². The van der Waals surface area contributed by atoms with E-state index in [1.807, 2.05) is 24.0 Å². The van der Waals surface area contributed by atoms with Crippen LogP contribution in [0.1, 0.15) is 50.7 Å². The van der Waals surface area contributed by atoms with Crippen LogP contribution in [0.5, 0.6) is 0 Å². The summed E-state index contributed by atoms with van der Waals surface area (Å²) in [6.07, 6.45) is 2.60. The van der Waals surface area contributed by atoms with E-state index in [2.05, 4.69) is 18.6 Å². The van der Waals surface area contributed by atoms with Crippen LogP contribution < -0.4 is 9.62 Å². The monoisotopic (exact) mass is 398 g/mol. The largest absolute Gasteiger partial charge is 0.309 e. The topological polar surface area (TPSA) is 66.5 Å². The molecule has 5 nitrogen and oxygen atoms in total. The first kappa shape index (κ1) is 19.0. The Kier molecular flexibility index (Phi) is 4.70. The zero-order valence-electron chi connectivity index (χ0n) is 16.5. The molecule has 0 radical (unpaired) electrons. The van der Waals surface area contributed by atoms with E-state index >= 15 is 0 Å². The molecule has 4 rings (SSSR count). The second-order valence-corrected chi connectivity index (χ2v) is 9.89. The molecular formula is C22H26N2O3S. The lowest BCUT2D eigenvalue weighted by Gasteiger charge is -2.22. The normalized spacial score (nSPS) is 19.0. The van der Waals surface area contributed by atoms with Crippen LogP contribution in [0, 0.1) is 5.92 Å². The summed E-state index contributed by atoms with van der Waals surface area (Å²) < 4.78 is 28.3. The van der Waals surface area contributed by atoms with Crippen molar-refractivity contribution >= 4 is 27.3 Å². The van der Waals surface area contributed by atoms with Gasteiger partial charge in [-0.2, -0.15) is 0 Å². The number of carbonyl (C=O) groups is 1. The summed E-state index contributed by atoms with van der Waals surface area (Å²) >= 11 is 0. The minimum Gasteiger partial charge on any atom is -0.309 e. The van der Waals surface area contributed by atoms with Crippen molar-refractivity contribution in [2.24, 2.45) is 5.92 Å². The number of nitrogens with one attached hydrogen (secondary N) is 1. The van der Waals surface area contributed by atoms with Gasteiger partial charge in [-0.05, 0) is 73.6 Å². The summed E-state index contributed by atoms with van der Waals surface area (Å²) in [5.41, 5.74) is 3.47. The van der Waals surface area contributed by atoms with Gasteiger partial charge in [-0.1, -0.05) is 26.0 Å². The van der Waals surface area contributed by atoms with Crippen molar-refractivity contribution in [2.45, 2.75) is 56.9 Å². The van der Waals surface area contributed by atoms with Crippen LogP contribution in [-0.2, 0) is 21.2 Å². The van der Waals surface area contributed by atoms with Gasteiger partial charge in [0.2, 0.25) is 5.91 Å². The van der Waals surface area contributed by atoms with Gasteiger partial charge in [0.05, 0.1) is 4.90 Å². The highest BCUT2D eigenvalue weighted by Crippen LogP contribution is 2.39. The van der Waals surface area contributed by atoms with Gasteiger partial charge in [-0.3, -0.25) is 9.52 Å². The molecule has 1 atom stereocenters. The van der Waals surface area contributed by atoms with E-state index in [1.54, 1.807) is 30.3 Å². The summed E-state index contributed by atoms with van der Waals surface area (Å²) in [7, 11) is -3.68. The minimum atomic E-state index is -3.68. The molecule has 1 aliphatic heterocycles. The number of nitrogens with zero attached hydrogens (tertiary/aromatic N) is 1. The number of rotatable bonds is 5. The standard InChI is InChI=1S/C22H26N2O3S/c1-14(2)16-6-8-19(9-7-16)23-28(26,27)20-10-11-21-18(13-20)12-15(3)24(21)22(25)17-4-5-17/h6-11,13-15,17,23H,4-5,12H2,1-3H3. The van der Waals surface area contributed by atoms with Crippen LogP contribution in [0.25, 0.3) is 0 Å². The second kappa shape index (κ2) is 6.92. The number of hydrogen-bond acceptors (Lipinski definition) is 3. The van der Waals surface area contributed by atoms with Gasteiger partial charge < -0.3 is 4.90 Å². The average Bonchev–Trinajstić information content (AvgIpc) is 3.43. The smallest absolute Gasteiger partial charge is 0.261 e. The van der Waals surface area contributed by atoms with Crippen molar-refractivity contribution in [1.29, 1.82) is 0 Å². The summed E-state index contributed by atoms with van der Waals surface area (Å²) in [5, 5.41) is 0. The molecule has 1 heterocycles. The lowest BCUT2D eigenvalue weighted by atomic mass is 10.0. The SMILES string of the molecule is CC(C)c1ccc(NS(=O)(=O)c2ccc3c(c2)CC(C)N3C(=O)C2CC2)cc1. The first-order valence-electron chi connectivity index (χ1n) is 9.85. The average molecular weight is 399 g/mol. The zero-order valence-corrected chi connectivity index (χ0v) is 17.3. The number of amides is 1. The molecule has 148 valence electrons. The lowest BCUT2D eigenvalue weighted by molar-refractivity contribution is -0.120. The molecule has 0 bridgehead atoms. The maximum Gasteiger partial charge on any atom is 0.261 e. The quantitative estimate of drug-likeness (QED) is 0.817. The molecule has 0 aromatic heterocycles. The maximum atomic E-state index is 12.8. The highest BCUT2D eigenvalue weighted by Gasteiger charge is 2.39. The van der Waals surface area contributed by atoms with Crippen molar-refractivity contribution in [2.75, 3.05) is 9.62 Å². The Hall–Kier alpha value is -2.34. The number of benzene rings is 2. The number of fused-ring (bicyclic) bond motifs is 1. The van der Waals surface area contributed by atoms with Crippen LogP contribution in [0.2, 0.25) is 0 Å². The fourth-order valence-electron chi connectivity index (χ4n) is 3.79. The van der Waals surface area contributed by atoms with Gasteiger partial charge in [-0.15, -0.1) is 0 Å². The molecule has 28 heavy (non-hydrogen) atoms. The van der Waals surface area contributed by atoms with E-state index in [0.29, 0.717) is 18.0 Å². The second-order valence-electron chi connectivity index (χ2n) is 8.21. The molecule has 1 fully saturated rings. The van der Waals surface area contributed by atoms with E-state index in [0.717, 1.165) is 29.7 Å². The predicted molar refractivity (Wildman–Crippen MR) is 111 cm³/mol. The molecule has 0 spiro atoms. The van der Waals surface area contributed by atoms with Crippen LogP contribution in [0.15, 0.2) is 47.4 Å². The molecule has 0 saturated heterocycles. The number of anilines is 2. The fraction of sp³-hybridized carbons (Fsp3) is 0.409. The molecular weight excluding hydrogens is 372 g/mol. The summed E-state index contributed by atoms with van der Waals surface area (Å²) in [6.45, 7) is 6.22. The first-order chi connectivity index (χ1) is 13.3. The van der Waals surface area contributed by atoms with E-state index in [9.17, 15) is 13.2 Å². The Morgan fingerprint density at radius 2 is 1.79 bits per heavy atom. The Bertz CT molecular complexity index is 1010. The van der Waals surface area contributed by atoms with Gasteiger partial charge in [0.1, 0.15) is 0 Å². The van der Waals surface area contributed by atoms with Crippen LogP contribution in [0.3, 0.4) is 0 Å². The number of carbonyl (C=O) groups excluding carboxylic acids is 1. The van der Waals surface area contributed by atoms with E-state index < -0.39 is 10.0 Å². The highest BCUT2D eigenvalue weighted by atomic mass is 32.2. The van der Waals surface area contributed by atoms with Crippen molar-refractivity contribution in [3.05, 3.63) is 53.6 Å². The summed E-state index contributed by atoms with van der Waals surface area (Å²) in [5.74, 6) is 0.711. The highest BCUT2D eigenvalue weighted by molar-refractivity contribution is 7.92. The van der Waals surface area contributed by atoms with Gasteiger partial charge in [0, 0.05) is 23.3 Å². The zero-order chi connectivity index (χ0) is 20.1. The Labute approximate surface area is 166 Å². The number of hydrogen-bond donors (Lipinski definition) is 1. The predicted octanol–water partition coefficient (Wildman–Crippen LogP) is 4.30. The van der Waals surface area contributed by atoms with Crippen molar-refractivity contribution in [3.8, 4) is 0 Å². The molecule has 2 aliphatic rings. The van der Waals surface area contributed by atoms with Gasteiger partial charge >= 0.3 is 0 Å². The third-order valence-electron chi connectivity index (χ3n) is 5.57. The Balaban J connectivity index is 1.57. The van der Waals surface area contributed by atoms with Crippen LogP contribution in [0.4, 0.5) is 11.4 Å². The minimum absolute atomic E-state index is 0.0672. The lowest BCUT2D eigenvalue weighted by Crippen LogP contribution is -2.36. The number of sulfonamides is 1. The maximum absolute atomic E-state index is 12.8. The van der Waals surface area contributed by atoms with E-state index in [1.165, 1.54) is 0 Å². The van der Waals surface area contributed by atoms with Gasteiger partial charge in [0.25, 0.3) is 10.0 Å². The Morgan fingerprint density at radius 1 is 1.11 bits per heavy atom. The molecule has 1 unspecified atom stereocenters. The molecule has 1 N–H and O–H groups in total. The third kappa shape index (κ3) is 3.53. The first-order valence-corrected chi connectivity index (χ1v) is 11.3. The van der Waals surface area contributed by atoms with Gasteiger partial charge in [-0.25, -0.2) is 8.42 Å².